The van der Waals surface area contributed by atoms with Crippen LogP contribution in [0.15, 0.2) is 190 Å². The van der Waals surface area contributed by atoms with E-state index in [1.165, 1.54) is 35.5 Å². The van der Waals surface area contributed by atoms with E-state index in [1.54, 1.807) is 71.7 Å². The number of benzene rings is 6. The van der Waals surface area contributed by atoms with Crippen LogP contribution in [0.2, 0.25) is 0 Å². The van der Waals surface area contributed by atoms with Crippen LogP contribution in [0.3, 0.4) is 0 Å². The fraction of sp³-hybridized carbons (Fsp3) is 0.0714. The Morgan fingerprint density at radius 3 is 0.731 bits per heavy atom. The molecule has 52 heavy (non-hydrogen) atoms. The molecule has 0 saturated carbocycles. The fourth-order valence-corrected chi connectivity index (χ4v) is 9.46. The summed E-state index contributed by atoms with van der Waals surface area (Å²) in [7, 11) is -0.379. The molecule has 6 aromatic carbocycles. The lowest BCUT2D eigenvalue weighted by atomic mass is 10.3. The number of hydrogen-bond acceptors (Lipinski definition) is 9. The Morgan fingerprint density at radius 1 is 0.346 bits per heavy atom. The van der Waals surface area contributed by atoms with Crippen molar-refractivity contribution in [1.82, 2.24) is 0 Å². The molecule has 6 aromatic rings. The van der Waals surface area contributed by atoms with Crippen LogP contribution in [0, 0.1) is 0 Å². The van der Waals surface area contributed by atoms with Crippen molar-refractivity contribution in [2.75, 3.05) is 0 Å². The maximum Gasteiger partial charge on any atom is 0.308 e. The summed E-state index contributed by atoms with van der Waals surface area (Å²) in [5, 5.41) is 0. The summed E-state index contributed by atoms with van der Waals surface area (Å²) in [6.07, 6.45) is 0. The largest absolute Gasteiger partial charge is 0.427 e. The molecule has 0 heterocycles. The van der Waals surface area contributed by atoms with E-state index in [9.17, 15) is 14.4 Å². The van der Waals surface area contributed by atoms with Crippen molar-refractivity contribution < 1.29 is 28.6 Å². The summed E-state index contributed by atoms with van der Waals surface area (Å²) < 4.78 is 15.5. The van der Waals surface area contributed by atoms with Crippen molar-refractivity contribution in [2.45, 2.75) is 64.8 Å². The zero-order chi connectivity index (χ0) is 36.5. The molecule has 260 valence electrons. The Morgan fingerprint density at radius 2 is 0.538 bits per heavy atom. The molecule has 0 saturated heterocycles. The van der Waals surface area contributed by atoms with Gasteiger partial charge in [-0.25, -0.2) is 0 Å². The van der Waals surface area contributed by atoms with E-state index >= 15 is 0 Å². The highest BCUT2D eigenvalue weighted by Crippen LogP contribution is 2.38. The number of hydrogen-bond donors (Lipinski definition) is 0. The molecule has 0 aliphatic heterocycles. The molecule has 0 aliphatic rings. The lowest BCUT2D eigenvalue weighted by molar-refractivity contribution is -0.132. The minimum absolute atomic E-state index is 0.340. The van der Waals surface area contributed by atoms with Crippen LogP contribution in [0.1, 0.15) is 20.8 Å². The van der Waals surface area contributed by atoms with E-state index < -0.39 is 0 Å². The Kier molecular flexibility index (Phi) is 12.5. The van der Waals surface area contributed by atoms with E-state index in [0.29, 0.717) is 17.2 Å². The second-order valence-electron chi connectivity index (χ2n) is 11.2. The predicted octanol–water partition coefficient (Wildman–Crippen LogP) is 11.0. The van der Waals surface area contributed by atoms with Gasteiger partial charge in [-0.05, 0) is 146 Å². The van der Waals surface area contributed by atoms with Gasteiger partial charge in [0.05, 0.1) is 10.9 Å². The van der Waals surface area contributed by atoms with Crippen LogP contribution < -0.4 is 14.2 Å². The fourth-order valence-electron chi connectivity index (χ4n) is 4.97. The Balaban J connectivity index is 1.22. The molecule has 0 radical (unpaired) electrons. The van der Waals surface area contributed by atoms with Crippen molar-refractivity contribution in [3.05, 3.63) is 146 Å². The van der Waals surface area contributed by atoms with E-state index in [2.05, 4.69) is 72.8 Å². The molecular weight excluding hydrogens is 729 g/mol. The molecule has 0 N–H and O–H groups in total. The highest BCUT2D eigenvalue weighted by atomic mass is 32.2. The molecule has 0 aromatic heterocycles. The third-order valence-electron chi connectivity index (χ3n) is 7.14. The highest BCUT2D eigenvalue weighted by Gasteiger charge is 2.29. The Labute approximate surface area is 318 Å². The van der Waals surface area contributed by atoms with Crippen molar-refractivity contribution in [3.8, 4) is 17.2 Å². The van der Waals surface area contributed by atoms with Crippen LogP contribution >= 0.6 is 35.3 Å². The molecule has 0 bridgehead atoms. The van der Waals surface area contributed by atoms with Gasteiger partial charge in [-0.1, -0.05) is 35.3 Å². The quantitative estimate of drug-likeness (QED) is 0.0688. The average molecular weight is 762 g/mol. The number of esters is 3. The molecular formula is C42H33O6S4+. The van der Waals surface area contributed by atoms with Crippen molar-refractivity contribution in [3.63, 3.8) is 0 Å². The third kappa shape index (κ3) is 10.6. The summed E-state index contributed by atoms with van der Waals surface area (Å²) in [6, 6.07) is 48.5. The van der Waals surface area contributed by atoms with Gasteiger partial charge < -0.3 is 14.2 Å². The minimum Gasteiger partial charge on any atom is -0.427 e. The van der Waals surface area contributed by atoms with E-state index in [-0.39, 0.29) is 28.8 Å². The zero-order valence-corrected chi connectivity index (χ0v) is 31.7. The van der Waals surface area contributed by atoms with Crippen molar-refractivity contribution in [2.24, 2.45) is 0 Å². The van der Waals surface area contributed by atoms with Crippen molar-refractivity contribution >= 4 is 64.1 Å². The first-order valence-electron chi connectivity index (χ1n) is 16.1. The van der Waals surface area contributed by atoms with Gasteiger partial charge in [-0.15, -0.1) is 0 Å². The summed E-state index contributed by atoms with van der Waals surface area (Å²) in [4.78, 5) is 43.9. The molecule has 0 unspecified atom stereocenters. The lowest BCUT2D eigenvalue weighted by Gasteiger charge is -2.11. The highest BCUT2D eigenvalue weighted by molar-refractivity contribution is 8.00. The van der Waals surface area contributed by atoms with Crippen LogP contribution in [0.5, 0.6) is 17.2 Å². The monoisotopic (exact) mass is 761 g/mol. The lowest BCUT2D eigenvalue weighted by Crippen LogP contribution is -2.04. The minimum atomic E-state index is -0.379. The van der Waals surface area contributed by atoms with Crippen LogP contribution in [0.25, 0.3) is 0 Å². The zero-order valence-electron chi connectivity index (χ0n) is 28.4. The molecule has 6 rings (SSSR count). The first kappa shape index (κ1) is 36.9. The van der Waals surface area contributed by atoms with Gasteiger partial charge in [0.25, 0.3) is 0 Å². The third-order valence-corrected chi connectivity index (χ3v) is 12.4. The van der Waals surface area contributed by atoms with Crippen LogP contribution in [0.4, 0.5) is 0 Å². The smallest absolute Gasteiger partial charge is 0.308 e. The normalized spacial score (nSPS) is 10.8. The van der Waals surface area contributed by atoms with E-state index in [0.717, 1.165) is 29.4 Å². The standard InChI is InChI=1S/C42H33O6S4/c1-28(43)46-31-4-10-34(11-5-31)49-37-16-22-40(23-17-37)52(41-24-18-38(19-25-41)50-35-12-6-32(7-13-35)47-29(2)44)42-26-20-39(21-27-42)51-36-14-8-33(9-15-36)48-30(3)45/h4-27H,1-3H3/q+1. The number of carbonyl (C=O) groups excluding carboxylic acids is 3. The topological polar surface area (TPSA) is 78.9 Å². The van der Waals surface area contributed by atoms with Crippen LogP contribution in [-0.4, -0.2) is 17.9 Å². The van der Waals surface area contributed by atoms with Gasteiger partial charge in [-0.3, -0.25) is 14.4 Å². The SMILES string of the molecule is CC(=O)Oc1ccc(Sc2ccc([S+](c3ccc(Sc4ccc(OC(C)=O)cc4)cc3)c3ccc(Sc4ccc(OC(C)=O)cc4)cc3)cc2)cc1. The first-order chi connectivity index (χ1) is 25.2. The van der Waals surface area contributed by atoms with Crippen molar-refractivity contribution in [1.29, 1.82) is 0 Å². The van der Waals surface area contributed by atoms with Gasteiger partial charge in [-0.2, -0.15) is 0 Å². The molecule has 0 atom stereocenters. The molecule has 0 fully saturated rings. The van der Waals surface area contributed by atoms with E-state index in [4.69, 9.17) is 14.2 Å². The van der Waals surface area contributed by atoms with E-state index in [1.807, 2.05) is 36.4 Å². The molecule has 0 spiro atoms. The number of carbonyl (C=O) groups is 3. The van der Waals surface area contributed by atoms with Crippen LogP contribution in [-0.2, 0) is 25.3 Å². The second kappa shape index (κ2) is 17.6. The second-order valence-corrected chi connectivity index (χ2v) is 16.7. The maximum atomic E-state index is 11.3. The first-order valence-corrected chi connectivity index (χ1v) is 19.8. The summed E-state index contributed by atoms with van der Waals surface area (Å²) in [5.41, 5.74) is 0. The predicted molar refractivity (Wildman–Crippen MR) is 207 cm³/mol. The van der Waals surface area contributed by atoms with Gasteiger partial charge in [0.1, 0.15) is 17.2 Å². The Bertz CT molecular complexity index is 1880. The van der Waals surface area contributed by atoms with Gasteiger partial charge in [0.2, 0.25) is 0 Å². The number of rotatable bonds is 12. The molecule has 0 aliphatic carbocycles. The maximum absolute atomic E-state index is 11.3. The molecule has 6 nitrogen and oxygen atoms in total. The van der Waals surface area contributed by atoms with Gasteiger partial charge >= 0.3 is 17.9 Å². The summed E-state index contributed by atoms with van der Waals surface area (Å²) in [5.74, 6) is 0.562. The van der Waals surface area contributed by atoms with Gasteiger partial charge in [0.15, 0.2) is 14.7 Å². The van der Waals surface area contributed by atoms with Gasteiger partial charge in [0, 0.05) is 50.1 Å². The summed E-state index contributed by atoms with van der Waals surface area (Å²) >= 11 is 4.94. The Hall–Kier alpha value is -4.87. The molecule has 0 amide bonds. The summed E-state index contributed by atoms with van der Waals surface area (Å²) in [6.45, 7) is 4.18. The molecule has 10 heteroatoms. The average Bonchev–Trinajstić information content (AvgIpc) is 3.12. The number of ether oxygens (including phenoxy) is 3.